The lowest BCUT2D eigenvalue weighted by atomic mass is 9.97. The van der Waals surface area contributed by atoms with Crippen molar-refractivity contribution >= 4 is 27.8 Å². The van der Waals surface area contributed by atoms with Crippen LogP contribution in [0.4, 0.5) is 0 Å². The molecule has 0 saturated carbocycles. The highest BCUT2D eigenvalue weighted by molar-refractivity contribution is 6.10. The van der Waals surface area contributed by atoms with Crippen LogP contribution in [0.1, 0.15) is 15.9 Å². The molecule has 0 N–H and O–H groups in total. The molecule has 0 aliphatic carbocycles. The van der Waals surface area contributed by atoms with Crippen molar-refractivity contribution in [1.29, 1.82) is 0 Å². The van der Waals surface area contributed by atoms with Gasteiger partial charge < -0.3 is 0 Å². The van der Waals surface area contributed by atoms with Crippen LogP contribution >= 0.6 is 0 Å². The summed E-state index contributed by atoms with van der Waals surface area (Å²) in [5, 5.41) is 4.80. The molecule has 0 bridgehead atoms. The summed E-state index contributed by atoms with van der Waals surface area (Å²) in [4.78, 5) is 10.9. The molecule has 0 aliphatic rings. The molecule has 0 unspecified atom stereocenters. The normalized spacial score (nSPS) is 10.9. The molecule has 82 valence electrons. The Bertz CT molecular complexity index is 726. The molecule has 0 saturated heterocycles. The fourth-order valence-corrected chi connectivity index (χ4v) is 2.38. The maximum absolute atomic E-state index is 10.9. The standard InChI is InChI=1S/C16H12O/c1-11-8-13-7-6-12(10-17)9-16(13)15-5-3-2-4-14(11)15/h2-10H,1H3. The second kappa shape index (κ2) is 3.70. The number of benzene rings is 3. The van der Waals surface area contributed by atoms with Crippen molar-refractivity contribution in [2.75, 3.05) is 0 Å². The van der Waals surface area contributed by atoms with Crippen LogP contribution in [0.15, 0.2) is 48.5 Å². The van der Waals surface area contributed by atoms with Gasteiger partial charge in [-0.05, 0) is 40.1 Å². The van der Waals surface area contributed by atoms with Gasteiger partial charge in [-0.1, -0.05) is 42.5 Å². The smallest absolute Gasteiger partial charge is 0.150 e. The molecule has 0 radical (unpaired) electrons. The molecule has 0 fully saturated rings. The van der Waals surface area contributed by atoms with Gasteiger partial charge >= 0.3 is 0 Å². The van der Waals surface area contributed by atoms with Gasteiger partial charge in [-0.3, -0.25) is 4.79 Å². The van der Waals surface area contributed by atoms with Crippen molar-refractivity contribution in [3.63, 3.8) is 0 Å². The van der Waals surface area contributed by atoms with E-state index in [2.05, 4.69) is 25.1 Å². The zero-order valence-electron chi connectivity index (χ0n) is 9.60. The first-order chi connectivity index (χ1) is 8.29. The molecule has 3 aromatic rings. The fourth-order valence-electron chi connectivity index (χ4n) is 2.38. The number of hydrogen-bond acceptors (Lipinski definition) is 1. The largest absolute Gasteiger partial charge is 0.298 e. The first-order valence-corrected chi connectivity index (χ1v) is 5.67. The Labute approximate surface area is 99.7 Å². The Kier molecular flexibility index (Phi) is 2.19. The van der Waals surface area contributed by atoms with Gasteiger partial charge in [0.2, 0.25) is 0 Å². The summed E-state index contributed by atoms with van der Waals surface area (Å²) in [6.07, 6.45) is 0.897. The van der Waals surface area contributed by atoms with Gasteiger partial charge in [0, 0.05) is 5.56 Å². The van der Waals surface area contributed by atoms with Crippen molar-refractivity contribution < 1.29 is 4.79 Å². The summed E-state index contributed by atoms with van der Waals surface area (Å²) in [6, 6.07) is 16.3. The number of rotatable bonds is 1. The van der Waals surface area contributed by atoms with Gasteiger partial charge in [-0.2, -0.15) is 0 Å². The van der Waals surface area contributed by atoms with E-state index in [-0.39, 0.29) is 0 Å². The molecule has 0 heterocycles. The number of aldehydes is 1. The van der Waals surface area contributed by atoms with Gasteiger partial charge in [0.1, 0.15) is 6.29 Å². The number of carbonyl (C=O) groups is 1. The second-order valence-electron chi connectivity index (χ2n) is 4.34. The van der Waals surface area contributed by atoms with Crippen molar-refractivity contribution in [2.24, 2.45) is 0 Å². The Balaban J connectivity index is 2.55. The monoisotopic (exact) mass is 220 g/mol. The van der Waals surface area contributed by atoms with E-state index in [1.54, 1.807) is 0 Å². The minimum Gasteiger partial charge on any atom is -0.298 e. The van der Waals surface area contributed by atoms with E-state index in [0.29, 0.717) is 0 Å². The van der Waals surface area contributed by atoms with Crippen LogP contribution in [-0.2, 0) is 0 Å². The van der Waals surface area contributed by atoms with Crippen LogP contribution in [0.3, 0.4) is 0 Å². The second-order valence-corrected chi connectivity index (χ2v) is 4.34. The molecule has 0 spiro atoms. The van der Waals surface area contributed by atoms with Gasteiger partial charge in [-0.15, -0.1) is 0 Å². The van der Waals surface area contributed by atoms with E-state index in [1.165, 1.54) is 21.7 Å². The maximum atomic E-state index is 10.9. The first-order valence-electron chi connectivity index (χ1n) is 5.67. The van der Waals surface area contributed by atoms with Crippen molar-refractivity contribution in [3.8, 4) is 0 Å². The third kappa shape index (κ3) is 1.51. The summed E-state index contributed by atoms with van der Waals surface area (Å²) in [7, 11) is 0. The molecule has 1 heteroatoms. The maximum Gasteiger partial charge on any atom is 0.150 e. The quantitative estimate of drug-likeness (QED) is 0.445. The number of fused-ring (bicyclic) bond motifs is 3. The molecule has 3 aromatic carbocycles. The van der Waals surface area contributed by atoms with E-state index in [4.69, 9.17) is 0 Å². The highest BCUT2D eigenvalue weighted by Gasteiger charge is 2.03. The molecule has 0 atom stereocenters. The minimum atomic E-state index is 0.728. The van der Waals surface area contributed by atoms with Crippen molar-refractivity contribution in [3.05, 3.63) is 59.7 Å². The summed E-state index contributed by atoms with van der Waals surface area (Å²) < 4.78 is 0. The zero-order chi connectivity index (χ0) is 11.8. The topological polar surface area (TPSA) is 17.1 Å². The van der Waals surface area contributed by atoms with Gasteiger partial charge in [0.25, 0.3) is 0 Å². The molecule has 3 rings (SSSR count). The molecule has 0 amide bonds. The van der Waals surface area contributed by atoms with Crippen LogP contribution < -0.4 is 0 Å². The SMILES string of the molecule is Cc1cc2ccc(C=O)cc2c2ccccc12. The zero-order valence-corrected chi connectivity index (χ0v) is 9.60. The van der Waals surface area contributed by atoms with Crippen LogP contribution in [-0.4, -0.2) is 6.29 Å². The first kappa shape index (κ1) is 10.0. The lowest BCUT2D eigenvalue weighted by Crippen LogP contribution is -1.85. The fraction of sp³-hybridized carbons (Fsp3) is 0.0625. The highest BCUT2D eigenvalue weighted by Crippen LogP contribution is 2.28. The summed E-state index contributed by atoms with van der Waals surface area (Å²) in [5.74, 6) is 0. The van der Waals surface area contributed by atoms with Crippen LogP contribution in [0.2, 0.25) is 0 Å². The summed E-state index contributed by atoms with van der Waals surface area (Å²) in [5.41, 5.74) is 2.00. The van der Waals surface area contributed by atoms with E-state index in [1.807, 2.05) is 30.3 Å². The van der Waals surface area contributed by atoms with Gasteiger partial charge in [-0.25, -0.2) is 0 Å². The predicted octanol–water partition coefficient (Wildman–Crippen LogP) is 4.11. The molecular weight excluding hydrogens is 208 g/mol. The van der Waals surface area contributed by atoms with Crippen LogP contribution in [0.25, 0.3) is 21.5 Å². The minimum absolute atomic E-state index is 0.728. The molecule has 1 nitrogen and oxygen atoms in total. The Morgan fingerprint density at radius 1 is 0.882 bits per heavy atom. The van der Waals surface area contributed by atoms with Crippen LogP contribution in [0.5, 0.6) is 0 Å². The van der Waals surface area contributed by atoms with Crippen LogP contribution in [0, 0.1) is 6.92 Å². The number of aryl methyl sites for hydroxylation is 1. The summed E-state index contributed by atoms with van der Waals surface area (Å²) in [6.45, 7) is 2.12. The third-order valence-corrected chi connectivity index (χ3v) is 3.23. The average Bonchev–Trinajstić information content (AvgIpc) is 2.39. The lowest BCUT2D eigenvalue weighted by Gasteiger charge is -2.07. The van der Waals surface area contributed by atoms with Gasteiger partial charge in [0.05, 0.1) is 0 Å². The number of carbonyl (C=O) groups excluding carboxylic acids is 1. The van der Waals surface area contributed by atoms with Crippen molar-refractivity contribution in [2.45, 2.75) is 6.92 Å². The Morgan fingerprint density at radius 2 is 1.65 bits per heavy atom. The third-order valence-electron chi connectivity index (χ3n) is 3.23. The molecular formula is C16H12O. The molecule has 0 aromatic heterocycles. The lowest BCUT2D eigenvalue weighted by molar-refractivity contribution is 0.112. The van der Waals surface area contributed by atoms with E-state index in [0.717, 1.165) is 17.2 Å². The summed E-state index contributed by atoms with van der Waals surface area (Å²) >= 11 is 0. The van der Waals surface area contributed by atoms with E-state index in [9.17, 15) is 4.79 Å². The Morgan fingerprint density at radius 3 is 2.41 bits per heavy atom. The van der Waals surface area contributed by atoms with E-state index >= 15 is 0 Å². The molecule has 0 aliphatic heterocycles. The van der Waals surface area contributed by atoms with Gasteiger partial charge in [0.15, 0.2) is 0 Å². The number of hydrogen-bond donors (Lipinski definition) is 0. The highest BCUT2D eigenvalue weighted by atomic mass is 16.1. The Hall–Kier alpha value is -2.15. The molecule has 17 heavy (non-hydrogen) atoms. The van der Waals surface area contributed by atoms with E-state index < -0.39 is 0 Å². The van der Waals surface area contributed by atoms with Crippen molar-refractivity contribution in [1.82, 2.24) is 0 Å². The average molecular weight is 220 g/mol. The predicted molar refractivity (Wildman–Crippen MR) is 71.6 cm³/mol.